The number of ketones is 1. The number of aryl methyl sites for hydroxylation is 1. The van der Waals surface area contributed by atoms with Crippen LogP contribution in [0.4, 0.5) is 0 Å². The van der Waals surface area contributed by atoms with E-state index in [1.165, 1.54) is 12.1 Å². The average molecular weight is 528 g/mol. The van der Waals surface area contributed by atoms with Crippen molar-refractivity contribution in [2.75, 3.05) is 13.7 Å². The van der Waals surface area contributed by atoms with Gasteiger partial charge in [0.05, 0.1) is 25.0 Å². The van der Waals surface area contributed by atoms with Gasteiger partial charge in [-0.2, -0.15) is 8.42 Å². The zero-order chi connectivity index (χ0) is 27.5. The molecule has 0 saturated carbocycles. The maximum atomic E-state index is 13.7. The van der Waals surface area contributed by atoms with E-state index < -0.39 is 10.1 Å². The van der Waals surface area contributed by atoms with Crippen molar-refractivity contribution in [1.29, 1.82) is 0 Å². The molecule has 37 heavy (non-hydrogen) atoms. The Kier molecular flexibility index (Phi) is 8.87. The highest BCUT2D eigenvalue weighted by atomic mass is 32.2. The second-order valence-corrected chi connectivity index (χ2v) is 10.9. The second-order valence-electron chi connectivity index (χ2n) is 9.36. The highest BCUT2D eigenvalue weighted by molar-refractivity contribution is 7.86. The van der Waals surface area contributed by atoms with Crippen LogP contribution < -0.4 is 10.2 Å². The Hall–Kier alpha value is -3.10. The number of hydrogen-bond acceptors (Lipinski definition) is 7. The van der Waals surface area contributed by atoms with Crippen LogP contribution in [0.15, 0.2) is 52.3 Å². The van der Waals surface area contributed by atoms with Crippen molar-refractivity contribution in [2.45, 2.75) is 72.1 Å². The molecule has 8 heteroatoms. The molecule has 1 atom stereocenters. The number of carbonyl (C=O) groups is 1. The topological polar surface area (TPSA) is 90.9 Å². The molecule has 3 rings (SSSR count). The summed E-state index contributed by atoms with van der Waals surface area (Å²) in [5, 5.41) is 0. The number of nitrogens with one attached hydrogen (secondary N) is 1. The molecular weight excluding hydrogens is 490 g/mol. The standard InChI is InChI=1S/C29H37NO6S/c1-9-24(30-35-10-2)28-25(31)15-22(27-20(6)18(4)19(5)21(7)29(27)34-8)16-26(28)36-37(32,33)23-13-11-17(3)12-14-23/h9,11-14,22,30H,10,15-16H2,1-8H3. The molecular formula is C29H37NO6S. The van der Waals surface area contributed by atoms with Crippen molar-refractivity contribution < 1.29 is 27.0 Å². The zero-order valence-electron chi connectivity index (χ0n) is 22.9. The molecule has 0 bridgehead atoms. The number of carbonyl (C=O) groups excluding carboxylic acids is 1. The predicted octanol–water partition coefficient (Wildman–Crippen LogP) is 5.79. The maximum absolute atomic E-state index is 13.7. The lowest BCUT2D eigenvalue weighted by molar-refractivity contribution is -0.116. The van der Waals surface area contributed by atoms with Crippen LogP contribution in [0.3, 0.4) is 0 Å². The lowest BCUT2D eigenvalue weighted by Crippen LogP contribution is -2.28. The van der Waals surface area contributed by atoms with Gasteiger partial charge >= 0.3 is 10.1 Å². The lowest BCUT2D eigenvalue weighted by Gasteiger charge is -2.31. The molecule has 0 aliphatic heterocycles. The van der Waals surface area contributed by atoms with Crippen molar-refractivity contribution in [3.05, 3.63) is 80.8 Å². The highest BCUT2D eigenvalue weighted by Crippen LogP contribution is 2.45. The minimum absolute atomic E-state index is 0.0232. The van der Waals surface area contributed by atoms with Gasteiger partial charge in [-0.15, -0.1) is 0 Å². The van der Waals surface area contributed by atoms with E-state index in [0.29, 0.717) is 12.3 Å². The van der Waals surface area contributed by atoms with E-state index >= 15 is 0 Å². The van der Waals surface area contributed by atoms with Crippen LogP contribution in [-0.2, 0) is 23.9 Å². The van der Waals surface area contributed by atoms with Gasteiger partial charge < -0.3 is 8.92 Å². The predicted molar refractivity (Wildman–Crippen MR) is 144 cm³/mol. The summed E-state index contributed by atoms with van der Waals surface area (Å²) in [6.07, 6.45) is 2.06. The summed E-state index contributed by atoms with van der Waals surface area (Å²) < 4.78 is 38.2. The van der Waals surface area contributed by atoms with Gasteiger partial charge in [-0.25, -0.2) is 0 Å². The number of ether oxygens (including phenoxy) is 1. The third kappa shape index (κ3) is 5.75. The lowest BCUT2D eigenvalue weighted by atomic mass is 9.77. The van der Waals surface area contributed by atoms with Crippen molar-refractivity contribution >= 4 is 15.9 Å². The van der Waals surface area contributed by atoms with E-state index in [4.69, 9.17) is 13.8 Å². The fourth-order valence-corrected chi connectivity index (χ4v) is 5.79. The summed E-state index contributed by atoms with van der Waals surface area (Å²) >= 11 is 0. The number of methoxy groups -OCH3 is 1. The Morgan fingerprint density at radius 1 is 1.00 bits per heavy atom. The first-order valence-corrected chi connectivity index (χ1v) is 13.8. The Labute approximate surface area is 220 Å². The largest absolute Gasteiger partial charge is 0.496 e. The first-order valence-electron chi connectivity index (χ1n) is 12.4. The van der Waals surface area contributed by atoms with Crippen LogP contribution in [-0.4, -0.2) is 27.9 Å². The Bertz CT molecular complexity index is 1350. The first-order chi connectivity index (χ1) is 17.5. The quantitative estimate of drug-likeness (QED) is 0.326. The molecule has 1 aliphatic carbocycles. The second kappa shape index (κ2) is 11.5. The maximum Gasteiger partial charge on any atom is 0.338 e. The molecule has 0 heterocycles. The fourth-order valence-electron chi connectivity index (χ4n) is 4.81. The fraction of sp³-hybridized carbons (Fsp3) is 0.414. The van der Waals surface area contributed by atoms with E-state index in [2.05, 4.69) is 19.3 Å². The molecule has 0 radical (unpaired) electrons. The summed E-state index contributed by atoms with van der Waals surface area (Å²) in [7, 11) is -2.57. The van der Waals surface area contributed by atoms with Crippen molar-refractivity contribution in [3.63, 3.8) is 0 Å². The van der Waals surface area contributed by atoms with Gasteiger partial charge in [0.2, 0.25) is 0 Å². The van der Waals surface area contributed by atoms with Crippen LogP contribution in [0.25, 0.3) is 0 Å². The molecule has 1 N–H and O–H groups in total. The summed E-state index contributed by atoms with van der Waals surface area (Å²) in [6.45, 7) is 13.9. The van der Waals surface area contributed by atoms with Gasteiger partial charge in [0.15, 0.2) is 5.78 Å². The minimum atomic E-state index is -4.19. The number of allylic oxidation sites excluding steroid dienone is 3. The SMILES string of the molecule is CC=C(NOCC)C1=C(OS(=O)(=O)c2ccc(C)cc2)CC(c2c(C)c(C)c(C)c(C)c2OC)CC1=O. The molecule has 2 aromatic carbocycles. The van der Waals surface area contributed by atoms with E-state index in [1.54, 1.807) is 32.2 Å². The number of Topliss-reactive ketones (excluding diaryl/α,β-unsaturated/α-hetero) is 1. The number of hydroxylamine groups is 1. The molecule has 0 amide bonds. The molecule has 0 saturated heterocycles. The van der Waals surface area contributed by atoms with Crippen LogP contribution in [0.5, 0.6) is 5.75 Å². The molecule has 2 aromatic rings. The van der Waals surface area contributed by atoms with Gasteiger partial charge in [-0.3, -0.25) is 15.1 Å². The van der Waals surface area contributed by atoms with E-state index in [1.807, 2.05) is 27.7 Å². The van der Waals surface area contributed by atoms with Crippen LogP contribution in [0, 0.1) is 34.6 Å². The van der Waals surface area contributed by atoms with Gasteiger partial charge in [0.25, 0.3) is 0 Å². The molecule has 7 nitrogen and oxygen atoms in total. The van der Waals surface area contributed by atoms with Crippen molar-refractivity contribution in [3.8, 4) is 5.75 Å². The highest BCUT2D eigenvalue weighted by Gasteiger charge is 2.37. The number of hydrogen-bond donors (Lipinski definition) is 1. The van der Waals surface area contributed by atoms with Crippen LogP contribution in [0.1, 0.15) is 66.0 Å². The van der Waals surface area contributed by atoms with Gasteiger partial charge in [0.1, 0.15) is 16.4 Å². The summed E-state index contributed by atoms with van der Waals surface area (Å²) in [5.74, 6) is 0.251. The first kappa shape index (κ1) is 28.5. The normalized spacial score (nSPS) is 16.7. The van der Waals surface area contributed by atoms with E-state index in [0.717, 1.165) is 39.1 Å². The van der Waals surface area contributed by atoms with Gasteiger partial charge in [-0.1, -0.05) is 23.8 Å². The minimum Gasteiger partial charge on any atom is -0.496 e. The Balaban J connectivity index is 2.18. The van der Waals surface area contributed by atoms with Crippen LogP contribution >= 0.6 is 0 Å². The van der Waals surface area contributed by atoms with Gasteiger partial charge in [-0.05, 0) is 82.9 Å². The van der Waals surface area contributed by atoms with Gasteiger partial charge in [0, 0.05) is 24.3 Å². The van der Waals surface area contributed by atoms with E-state index in [9.17, 15) is 13.2 Å². The molecule has 200 valence electrons. The monoisotopic (exact) mass is 527 g/mol. The smallest absolute Gasteiger partial charge is 0.338 e. The third-order valence-electron chi connectivity index (χ3n) is 7.11. The molecule has 0 spiro atoms. The Morgan fingerprint density at radius 3 is 2.19 bits per heavy atom. The number of benzene rings is 2. The molecule has 0 fully saturated rings. The number of rotatable bonds is 9. The average Bonchev–Trinajstić information content (AvgIpc) is 2.86. The third-order valence-corrected chi connectivity index (χ3v) is 8.38. The molecule has 1 aliphatic rings. The van der Waals surface area contributed by atoms with E-state index in [-0.39, 0.29) is 40.8 Å². The zero-order valence-corrected chi connectivity index (χ0v) is 23.8. The van der Waals surface area contributed by atoms with Crippen molar-refractivity contribution in [1.82, 2.24) is 5.48 Å². The molecule has 1 unspecified atom stereocenters. The summed E-state index contributed by atoms with van der Waals surface area (Å²) in [6, 6.07) is 6.42. The summed E-state index contributed by atoms with van der Waals surface area (Å²) in [4.78, 5) is 19.0. The Morgan fingerprint density at radius 2 is 1.62 bits per heavy atom. The van der Waals surface area contributed by atoms with Crippen LogP contribution in [0.2, 0.25) is 0 Å². The molecule has 0 aromatic heterocycles. The van der Waals surface area contributed by atoms with Crippen molar-refractivity contribution in [2.24, 2.45) is 0 Å². The summed E-state index contributed by atoms with van der Waals surface area (Å²) in [5.41, 5.74) is 9.46.